The Morgan fingerprint density at radius 2 is 1.68 bits per heavy atom. The first kappa shape index (κ1) is 33.4. The molecule has 9 heteroatoms. The van der Waals surface area contributed by atoms with Crippen LogP contribution in [0.5, 0.6) is 11.5 Å². The van der Waals surface area contributed by atoms with Gasteiger partial charge in [-0.3, -0.25) is 9.59 Å². The van der Waals surface area contributed by atoms with E-state index in [4.69, 9.17) is 16.3 Å². The molecule has 0 aliphatic carbocycles. The van der Waals surface area contributed by atoms with Crippen LogP contribution < -0.4 is 4.74 Å². The molecule has 3 aromatic carbocycles. The molecule has 1 N–H and O–H groups in total. The van der Waals surface area contributed by atoms with Crippen molar-refractivity contribution in [1.82, 2.24) is 9.88 Å². The molecule has 2 unspecified atom stereocenters. The largest absolute Gasteiger partial charge is 0.481 e. The monoisotopic (exact) mass is 648 g/mol. The molecule has 230 valence electrons. The van der Waals surface area contributed by atoms with Gasteiger partial charge >= 0.3 is 5.97 Å². The van der Waals surface area contributed by atoms with E-state index in [0.717, 1.165) is 27.7 Å². The maximum Gasteiger partial charge on any atom is 0.303 e. The van der Waals surface area contributed by atoms with Crippen LogP contribution in [0, 0.1) is 0 Å². The molecular formula is C35H37ClN2O4S2. The van der Waals surface area contributed by atoms with Crippen LogP contribution in [0.1, 0.15) is 50.4 Å². The standard InChI is InChI=1S/C35H37ClN2O4S2/c1-4-38(5-2)35(41)24(3)43-44-32(18-19-34(39)40)22-26-9-7-11-31(21-26)42-30-10-6-8-25(20-30)12-16-29-17-14-27-13-15-28(36)23-33(27)37-29/h6-17,20-21,23-24,32H,4-5,18-19,22H2,1-3H3,(H,39,40). The van der Waals surface area contributed by atoms with Gasteiger partial charge in [0.05, 0.1) is 16.5 Å². The van der Waals surface area contributed by atoms with Gasteiger partial charge in [-0.05, 0) is 93.3 Å². The molecule has 4 rings (SSSR count). The summed E-state index contributed by atoms with van der Waals surface area (Å²) in [5.41, 5.74) is 3.70. The van der Waals surface area contributed by atoms with Crippen molar-refractivity contribution in [1.29, 1.82) is 0 Å². The van der Waals surface area contributed by atoms with Gasteiger partial charge in [-0.25, -0.2) is 4.98 Å². The number of amides is 1. The number of ether oxygens (including phenoxy) is 1. The van der Waals surface area contributed by atoms with Crippen molar-refractivity contribution in [3.63, 3.8) is 0 Å². The number of carbonyl (C=O) groups is 2. The van der Waals surface area contributed by atoms with Crippen LogP contribution in [0.3, 0.4) is 0 Å². The zero-order chi connectivity index (χ0) is 31.5. The molecule has 0 saturated heterocycles. The number of carboxylic acid groups (broad SMARTS) is 1. The number of carboxylic acids is 1. The van der Waals surface area contributed by atoms with Crippen LogP contribution in [0.2, 0.25) is 5.02 Å². The number of aromatic nitrogens is 1. The Labute approximate surface area is 272 Å². The van der Waals surface area contributed by atoms with Gasteiger partial charge in [0.1, 0.15) is 11.5 Å². The Bertz CT molecular complexity index is 1610. The lowest BCUT2D eigenvalue weighted by Gasteiger charge is -2.23. The number of pyridine rings is 1. The Balaban J connectivity index is 1.41. The highest BCUT2D eigenvalue weighted by molar-refractivity contribution is 8.77. The second-order valence-corrected chi connectivity index (χ2v) is 13.7. The highest BCUT2D eigenvalue weighted by atomic mass is 35.5. The summed E-state index contributed by atoms with van der Waals surface area (Å²) in [6.07, 6.45) is 5.22. The van der Waals surface area contributed by atoms with Crippen LogP contribution in [-0.4, -0.2) is 50.5 Å². The molecule has 0 aliphatic heterocycles. The summed E-state index contributed by atoms with van der Waals surface area (Å²) in [5, 5.41) is 10.8. The lowest BCUT2D eigenvalue weighted by molar-refractivity contribution is -0.137. The summed E-state index contributed by atoms with van der Waals surface area (Å²) in [5.74, 6) is 0.699. The lowest BCUT2D eigenvalue weighted by Crippen LogP contribution is -2.36. The SMILES string of the molecule is CCN(CC)C(=O)C(C)SSC(CCC(=O)O)Cc1cccc(Oc2cccc(C=Cc3ccc4ccc(Cl)cc4n3)c2)c1. The number of halogens is 1. The molecule has 0 bridgehead atoms. The third kappa shape index (κ3) is 10.0. The predicted octanol–water partition coefficient (Wildman–Crippen LogP) is 9.27. The minimum absolute atomic E-state index is 0.0338. The molecule has 0 saturated carbocycles. The molecule has 0 fully saturated rings. The van der Waals surface area contributed by atoms with Crippen LogP contribution in [-0.2, 0) is 16.0 Å². The summed E-state index contributed by atoms with van der Waals surface area (Å²) in [7, 11) is 3.11. The molecule has 6 nitrogen and oxygen atoms in total. The Morgan fingerprint density at radius 3 is 2.43 bits per heavy atom. The molecule has 1 heterocycles. The predicted molar refractivity (Wildman–Crippen MR) is 186 cm³/mol. The van der Waals surface area contributed by atoms with Crippen molar-refractivity contribution in [2.45, 2.75) is 50.5 Å². The van der Waals surface area contributed by atoms with Crippen LogP contribution >= 0.6 is 33.2 Å². The minimum Gasteiger partial charge on any atom is -0.481 e. The molecule has 2 atom stereocenters. The number of rotatable bonds is 15. The highest BCUT2D eigenvalue weighted by Crippen LogP contribution is 2.36. The van der Waals surface area contributed by atoms with E-state index in [2.05, 4.69) is 4.98 Å². The van der Waals surface area contributed by atoms with Gasteiger partial charge in [-0.1, -0.05) is 75.7 Å². The number of fused-ring (bicyclic) bond motifs is 1. The van der Waals surface area contributed by atoms with Gasteiger partial charge in [0.15, 0.2) is 0 Å². The molecule has 4 aromatic rings. The summed E-state index contributed by atoms with van der Waals surface area (Å²) >= 11 is 6.13. The zero-order valence-electron chi connectivity index (χ0n) is 25.1. The van der Waals surface area contributed by atoms with Crippen LogP contribution in [0.4, 0.5) is 0 Å². The zero-order valence-corrected chi connectivity index (χ0v) is 27.5. The first-order valence-corrected chi connectivity index (χ1v) is 17.3. The van der Waals surface area contributed by atoms with Gasteiger partial charge in [-0.15, -0.1) is 0 Å². The third-order valence-corrected chi connectivity index (χ3v) is 10.5. The number of aliphatic carboxylic acids is 1. The number of nitrogens with zero attached hydrogens (tertiary/aromatic N) is 2. The topological polar surface area (TPSA) is 79.7 Å². The fourth-order valence-electron chi connectivity index (χ4n) is 4.66. The van der Waals surface area contributed by atoms with Crippen molar-refractivity contribution >= 4 is 68.1 Å². The Kier molecular flexibility index (Phi) is 12.6. The quantitative estimate of drug-likeness (QED) is 0.129. The van der Waals surface area contributed by atoms with E-state index in [1.807, 2.05) is 117 Å². The van der Waals surface area contributed by atoms with Gasteiger partial charge in [-0.2, -0.15) is 0 Å². The smallest absolute Gasteiger partial charge is 0.303 e. The molecule has 0 radical (unpaired) electrons. The van der Waals surface area contributed by atoms with E-state index in [0.29, 0.717) is 42.5 Å². The molecule has 1 amide bonds. The number of hydrogen-bond acceptors (Lipinski definition) is 6. The van der Waals surface area contributed by atoms with Crippen molar-refractivity contribution in [2.24, 2.45) is 0 Å². The van der Waals surface area contributed by atoms with Crippen molar-refractivity contribution < 1.29 is 19.4 Å². The average Bonchev–Trinajstić information content (AvgIpc) is 3.01. The van der Waals surface area contributed by atoms with Gasteiger partial charge in [0.25, 0.3) is 0 Å². The summed E-state index contributed by atoms with van der Waals surface area (Å²) in [4.78, 5) is 30.6. The van der Waals surface area contributed by atoms with E-state index in [1.54, 1.807) is 10.8 Å². The molecule has 0 aliphatic rings. The third-order valence-electron chi connectivity index (χ3n) is 7.02. The molecule has 0 spiro atoms. The van der Waals surface area contributed by atoms with E-state index in [1.165, 1.54) is 10.8 Å². The Morgan fingerprint density at radius 1 is 0.955 bits per heavy atom. The maximum atomic E-state index is 12.7. The van der Waals surface area contributed by atoms with Crippen LogP contribution in [0.15, 0.2) is 78.9 Å². The fraction of sp³-hybridized carbons (Fsp3) is 0.286. The van der Waals surface area contributed by atoms with Gasteiger partial charge in [0.2, 0.25) is 5.91 Å². The second kappa shape index (κ2) is 16.6. The van der Waals surface area contributed by atoms with Crippen LogP contribution in [0.25, 0.3) is 23.1 Å². The minimum atomic E-state index is -0.820. The fourth-order valence-corrected chi connectivity index (χ4v) is 7.57. The van der Waals surface area contributed by atoms with Gasteiger partial charge < -0.3 is 14.7 Å². The first-order chi connectivity index (χ1) is 21.2. The van der Waals surface area contributed by atoms with E-state index >= 15 is 0 Å². The normalized spacial score (nSPS) is 12.7. The second-order valence-electron chi connectivity index (χ2n) is 10.3. The first-order valence-electron chi connectivity index (χ1n) is 14.7. The molecule has 44 heavy (non-hydrogen) atoms. The summed E-state index contributed by atoms with van der Waals surface area (Å²) in [6.45, 7) is 7.22. The summed E-state index contributed by atoms with van der Waals surface area (Å²) in [6, 6.07) is 25.4. The number of hydrogen-bond donors (Lipinski definition) is 1. The van der Waals surface area contributed by atoms with Crippen molar-refractivity contribution in [2.75, 3.05) is 13.1 Å². The lowest BCUT2D eigenvalue weighted by atomic mass is 10.1. The van der Waals surface area contributed by atoms with E-state index in [-0.39, 0.29) is 22.8 Å². The number of benzene rings is 3. The molecular weight excluding hydrogens is 612 g/mol. The number of carbonyl (C=O) groups excluding carboxylic acids is 1. The van der Waals surface area contributed by atoms with E-state index < -0.39 is 5.97 Å². The van der Waals surface area contributed by atoms with Gasteiger partial charge in [0, 0.05) is 35.2 Å². The van der Waals surface area contributed by atoms with E-state index in [9.17, 15) is 14.7 Å². The highest BCUT2D eigenvalue weighted by Gasteiger charge is 2.22. The molecule has 1 aromatic heterocycles. The summed E-state index contributed by atoms with van der Waals surface area (Å²) < 4.78 is 6.22. The van der Waals surface area contributed by atoms with Crippen molar-refractivity contribution in [3.8, 4) is 11.5 Å². The maximum absolute atomic E-state index is 12.7. The Hall–Kier alpha value is -3.46. The average molecular weight is 649 g/mol. The van der Waals surface area contributed by atoms with Crippen molar-refractivity contribution in [3.05, 3.63) is 101 Å².